The summed E-state index contributed by atoms with van der Waals surface area (Å²) in [5.74, 6) is -1.58. The summed E-state index contributed by atoms with van der Waals surface area (Å²) in [6.45, 7) is 3.79. The van der Waals surface area contributed by atoms with Crippen LogP contribution in [0.1, 0.15) is 24.6 Å². The van der Waals surface area contributed by atoms with E-state index < -0.39 is 17.7 Å². The molecule has 2 aliphatic rings. The quantitative estimate of drug-likeness (QED) is 0.838. The third-order valence-electron chi connectivity index (χ3n) is 4.97. The first-order valence-corrected chi connectivity index (χ1v) is 10.3. The number of carbonyl (C=O) groups excluding carboxylic acids is 2. The van der Waals surface area contributed by atoms with Crippen LogP contribution in [0.3, 0.4) is 0 Å². The Morgan fingerprint density at radius 3 is 2.89 bits per heavy atom. The van der Waals surface area contributed by atoms with Crippen molar-refractivity contribution in [3.8, 4) is 11.3 Å². The van der Waals surface area contributed by atoms with Crippen molar-refractivity contribution in [1.29, 1.82) is 0 Å². The molecule has 0 aliphatic carbocycles. The van der Waals surface area contributed by atoms with E-state index in [2.05, 4.69) is 10.3 Å². The zero-order valence-electron chi connectivity index (χ0n) is 14.7. The first kappa shape index (κ1) is 18.4. The number of hydrogen-bond donors (Lipinski definition) is 1. The summed E-state index contributed by atoms with van der Waals surface area (Å²) >= 11 is 2.89. The number of thiazole rings is 1. The summed E-state index contributed by atoms with van der Waals surface area (Å²) in [7, 11) is 0. The molecule has 0 unspecified atom stereocenters. The lowest BCUT2D eigenvalue weighted by Gasteiger charge is -2.29. The molecular formula is C18H17F2N3O2S2. The van der Waals surface area contributed by atoms with Crippen LogP contribution in [-0.4, -0.2) is 38.4 Å². The highest BCUT2D eigenvalue weighted by Gasteiger charge is 2.52. The monoisotopic (exact) mass is 409 g/mol. The number of aromatic nitrogens is 1. The molecule has 4 rings (SSSR count). The molecule has 5 nitrogen and oxygen atoms in total. The molecule has 1 N–H and O–H groups in total. The zero-order valence-corrected chi connectivity index (χ0v) is 16.3. The Balaban J connectivity index is 1.54. The van der Waals surface area contributed by atoms with Crippen LogP contribution >= 0.6 is 23.1 Å². The number of rotatable bonds is 3. The number of aryl methyl sites for hydroxylation is 1. The standard InChI is InChI=1S/C18H17F2N3O2S2/c1-9-15(10-3-4-11(19)12(20)7-10)21-17(27-9)22-16(25)13-8-26-18(2)6-5-14(24)23(13)18/h3-4,7,13H,5-6,8H2,1-2H3,(H,21,22,25)/t13-,18+/m1/s1. The fourth-order valence-electron chi connectivity index (χ4n) is 3.56. The molecule has 2 amide bonds. The van der Waals surface area contributed by atoms with E-state index in [0.717, 1.165) is 23.4 Å². The molecule has 2 saturated heterocycles. The smallest absolute Gasteiger partial charge is 0.249 e. The Hall–Kier alpha value is -2.00. The van der Waals surface area contributed by atoms with Crippen LogP contribution in [0.2, 0.25) is 0 Å². The summed E-state index contributed by atoms with van der Waals surface area (Å²) in [6, 6.07) is 3.07. The fourth-order valence-corrected chi connectivity index (χ4v) is 5.84. The molecule has 0 saturated carbocycles. The molecule has 2 aliphatic heterocycles. The van der Waals surface area contributed by atoms with Crippen molar-refractivity contribution in [3.05, 3.63) is 34.7 Å². The van der Waals surface area contributed by atoms with Crippen LogP contribution in [0.5, 0.6) is 0 Å². The van der Waals surface area contributed by atoms with Crippen molar-refractivity contribution in [1.82, 2.24) is 9.88 Å². The van der Waals surface area contributed by atoms with Crippen LogP contribution in [0.25, 0.3) is 11.3 Å². The van der Waals surface area contributed by atoms with Crippen LogP contribution in [0.4, 0.5) is 13.9 Å². The normalized spacial score (nSPS) is 24.4. The molecule has 27 heavy (non-hydrogen) atoms. The summed E-state index contributed by atoms with van der Waals surface area (Å²) in [5.41, 5.74) is 0.943. The average Bonchev–Trinajstić information content (AvgIpc) is 3.24. The van der Waals surface area contributed by atoms with Crippen molar-refractivity contribution < 1.29 is 18.4 Å². The second kappa shape index (κ2) is 6.56. The number of fused-ring (bicyclic) bond motifs is 1. The molecule has 0 spiro atoms. The van der Waals surface area contributed by atoms with Gasteiger partial charge in [-0.2, -0.15) is 0 Å². The highest BCUT2D eigenvalue weighted by Crippen LogP contribution is 2.47. The van der Waals surface area contributed by atoms with E-state index in [0.29, 0.717) is 28.6 Å². The average molecular weight is 409 g/mol. The maximum Gasteiger partial charge on any atom is 0.249 e. The van der Waals surface area contributed by atoms with Gasteiger partial charge < -0.3 is 10.2 Å². The van der Waals surface area contributed by atoms with Gasteiger partial charge in [-0.05, 0) is 38.5 Å². The number of amides is 2. The number of halogens is 2. The molecule has 3 heterocycles. The summed E-state index contributed by atoms with van der Waals surface area (Å²) in [5, 5.41) is 3.16. The zero-order chi connectivity index (χ0) is 19.3. The molecule has 0 bridgehead atoms. The molecule has 2 atom stereocenters. The van der Waals surface area contributed by atoms with Gasteiger partial charge in [0, 0.05) is 22.6 Å². The number of benzene rings is 1. The van der Waals surface area contributed by atoms with Crippen molar-refractivity contribution in [3.63, 3.8) is 0 Å². The minimum Gasteiger partial charge on any atom is -0.315 e. The first-order valence-electron chi connectivity index (χ1n) is 8.48. The molecular weight excluding hydrogens is 392 g/mol. The van der Waals surface area contributed by atoms with E-state index in [1.807, 2.05) is 6.92 Å². The topological polar surface area (TPSA) is 62.3 Å². The molecule has 0 radical (unpaired) electrons. The van der Waals surface area contributed by atoms with E-state index in [-0.39, 0.29) is 16.7 Å². The second-order valence-corrected chi connectivity index (χ2v) is 9.51. The van der Waals surface area contributed by atoms with Crippen LogP contribution in [-0.2, 0) is 9.59 Å². The Kier molecular flexibility index (Phi) is 4.46. The fraction of sp³-hybridized carbons (Fsp3) is 0.389. The second-order valence-electron chi connectivity index (χ2n) is 6.81. The predicted molar refractivity (Wildman–Crippen MR) is 102 cm³/mol. The Labute approximate surface area is 163 Å². The predicted octanol–water partition coefficient (Wildman–Crippen LogP) is 3.79. The lowest BCUT2D eigenvalue weighted by molar-refractivity contribution is -0.135. The van der Waals surface area contributed by atoms with E-state index >= 15 is 0 Å². The number of carbonyl (C=O) groups is 2. The first-order chi connectivity index (χ1) is 12.8. The Morgan fingerprint density at radius 2 is 2.15 bits per heavy atom. The van der Waals surface area contributed by atoms with Gasteiger partial charge in [-0.25, -0.2) is 13.8 Å². The Morgan fingerprint density at radius 1 is 1.37 bits per heavy atom. The minimum atomic E-state index is -0.944. The number of thioether (sulfide) groups is 1. The van der Waals surface area contributed by atoms with Crippen molar-refractivity contribution >= 4 is 40.0 Å². The van der Waals surface area contributed by atoms with E-state index in [1.165, 1.54) is 17.4 Å². The van der Waals surface area contributed by atoms with Crippen LogP contribution < -0.4 is 5.32 Å². The van der Waals surface area contributed by atoms with Gasteiger partial charge in [0.2, 0.25) is 11.8 Å². The van der Waals surface area contributed by atoms with E-state index in [4.69, 9.17) is 0 Å². The highest BCUT2D eigenvalue weighted by molar-refractivity contribution is 8.01. The van der Waals surface area contributed by atoms with Gasteiger partial charge in [0.05, 0.1) is 10.6 Å². The van der Waals surface area contributed by atoms with Crippen molar-refractivity contribution in [2.24, 2.45) is 0 Å². The highest BCUT2D eigenvalue weighted by atomic mass is 32.2. The van der Waals surface area contributed by atoms with Gasteiger partial charge in [-0.15, -0.1) is 23.1 Å². The lowest BCUT2D eigenvalue weighted by Crippen LogP contribution is -2.48. The maximum absolute atomic E-state index is 13.5. The van der Waals surface area contributed by atoms with E-state index in [9.17, 15) is 18.4 Å². The van der Waals surface area contributed by atoms with Crippen LogP contribution in [0, 0.1) is 18.6 Å². The van der Waals surface area contributed by atoms with Gasteiger partial charge in [-0.3, -0.25) is 9.59 Å². The molecule has 1 aromatic carbocycles. The van der Waals surface area contributed by atoms with Crippen molar-refractivity contribution in [2.45, 2.75) is 37.6 Å². The molecule has 1 aromatic heterocycles. The van der Waals surface area contributed by atoms with Crippen LogP contribution in [0.15, 0.2) is 18.2 Å². The largest absolute Gasteiger partial charge is 0.315 e. The number of nitrogens with one attached hydrogen (secondary N) is 1. The number of nitrogens with zero attached hydrogens (tertiary/aromatic N) is 2. The van der Waals surface area contributed by atoms with Gasteiger partial charge in [-0.1, -0.05) is 0 Å². The third kappa shape index (κ3) is 3.12. The number of anilines is 1. The minimum absolute atomic E-state index is 0.000413. The lowest BCUT2D eigenvalue weighted by atomic mass is 10.1. The number of hydrogen-bond acceptors (Lipinski definition) is 5. The van der Waals surface area contributed by atoms with Gasteiger partial charge >= 0.3 is 0 Å². The van der Waals surface area contributed by atoms with Gasteiger partial charge in [0.15, 0.2) is 16.8 Å². The van der Waals surface area contributed by atoms with Gasteiger partial charge in [0.1, 0.15) is 6.04 Å². The van der Waals surface area contributed by atoms with Crippen molar-refractivity contribution in [2.75, 3.05) is 11.1 Å². The third-order valence-corrected chi connectivity index (χ3v) is 7.36. The SMILES string of the molecule is Cc1sc(NC(=O)[C@H]2CS[C@@]3(C)CCC(=O)N23)nc1-c1ccc(F)c(F)c1. The summed E-state index contributed by atoms with van der Waals surface area (Å²) in [4.78, 5) is 31.4. The molecule has 9 heteroatoms. The molecule has 142 valence electrons. The molecule has 2 aromatic rings. The summed E-state index contributed by atoms with van der Waals surface area (Å²) in [6.07, 6.45) is 1.21. The van der Waals surface area contributed by atoms with E-state index in [1.54, 1.807) is 23.6 Å². The Bertz CT molecular complexity index is 949. The maximum atomic E-state index is 13.5. The summed E-state index contributed by atoms with van der Waals surface area (Å²) < 4.78 is 26.7. The van der Waals surface area contributed by atoms with Gasteiger partial charge in [0.25, 0.3) is 0 Å². The molecule has 2 fully saturated rings.